The number of Topliss-reactive ketones (excluding diaryl/α,β-unsaturated/α-hetero) is 1. The van der Waals surface area contributed by atoms with Gasteiger partial charge in [-0.2, -0.15) is 0 Å². The zero-order valence-electron chi connectivity index (χ0n) is 10.3. The minimum Gasteiger partial charge on any atom is -0.294 e. The lowest BCUT2D eigenvalue weighted by Crippen LogP contribution is -2.28. The molecule has 0 atom stereocenters. The lowest BCUT2D eigenvalue weighted by molar-refractivity contribution is -0.113. The van der Waals surface area contributed by atoms with Crippen LogP contribution in [0.15, 0.2) is 6.20 Å². The number of hydrogen-bond acceptors (Lipinski definition) is 4. The SMILES string of the molecule is CC1(C)CC(=O)c2cnc(NC(=O)CBr)nc2C1. The van der Waals surface area contributed by atoms with Crippen LogP contribution in [-0.4, -0.2) is 27.0 Å². The van der Waals surface area contributed by atoms with Crippen LogP contribution in [0.2, 0.25) is 0 Å². The maximum Gasteiger partial charge on any atom is 0.237 e. The van der Waals surface area contributed by atoms with E-state index in [-0.39, 0.29) is 28.4 Å². The summed E-state index contributed by atoms with van der Waals surface area (Å²) in [4.78, 5) is 31.4. The van der Waals surface area contributed by atoms with Crippen LogP contribution in [0.1, 0.15) is 36.3 Å². The maximum atomic E-state index is 11.9. The van der Waals surface area contributed by atoms with Crippen molar-refractivity contribution in [3.8, 4) is 0 Å². The van der Waals surface area contributed by atoms with Crippen molar-refractivity contribution in [2.45, 2.75) is 26.7 Å². The molecule has 96 valence electrons. The molecule has 5 nitrogen and oxygen atoms in total. The topological polar surface area (TPSA) is 72.0 Å². The summed E-state index contributed by atoms with van der Waals surface area (Å²) in [6, 6.07) is 0. The van der Waals surface area contributed by atoms with Crippen molar-refractivity contribution in [2.24, 2.45) is 5.41 Å². The molecule has 0 unspecified atom stereocenters. The van der Waals surface area contributed by atoms with E-state index in [1.165, 1.54) is 6.20 Å². The maximum absolute atomic E-state index is 11.9. The Balaban J connectivity index is 2.31. The number of alkyl halides is 1. The Morgan fingerprint density at radius 3 is 2.89 bits per heavy atom. The van der Waals surface area contributed by atoms with Gasteiger partial charge < -0.3 is 0 Å². The number of ketones is 1. The molecule has 0 aromatic carbocycles. The zero-order valence-corrected chi connectivity index (χ0v) is 11.9. The number of nitrogens with one attached hydrogen (secondary N) is 1. The van der Waals surface area contributed by atoms with Crippen LogP contribution in [0.5, 0.6) is 0 Å². The lowest BCUT2D eigenvalue weighted by atomic mass is 9.76. The monoisotopic (exact) mass is 311 g/mol. The van der Waals surface area contributed by atoms with Crippen molar-refractivity contribution in [2.75, 3.05) is 10.6 Å². The molecule has 2 rings (SSSR count). The van der Waals surface area contributed by atoms with Gasteiger partial charge >= 0.3 is 0 Å². The van der Waals surface area contributed by atoms with Crippen molar-refractivity contribution >= 4 is 33.6 Å². The normalized spacial score (nSPS) is 17.2. The van der Waals surface area contributed by atoms with E-state index in [1.54, 1.807) is 0 Å². The number of amides is 1. The molecule has 1 aromatic rings. The Morgan fingerprint density at radius 1 is 1.50 bits per heavy atom. The average Bonchev–Trinajstić information content (AvgIpc) is 2.26. The Kier molecular flexibility index (Phi) is 3.47. The average molecular weight is 312 g/mol. The van der Waals surface area contributed by atoms with Gasteiger partial charge in [0.1, 0.15) is 0 Å². The van der Waals surface area contributed by atoms with Crippen molar-refractivity contribution in [1.29, 1.82) is 0 Å². The van der Waals surface area contributed by atoms with Gasteiger partial charge in [-0.05, 0) is 11.8 Å². The fourth-order valence-corrected chi connectivity index (χ4v) is 2.19. The Labute approximate surface area is 114 Å². The second-order valence-corrected chi connectivity index (χ2v) is 5.74. The molecular formula is C12H14BrN3O2. The molecule has 0 bridgehead atoms. The van der Waals surface area contributed by atoms with Crippen LogP contribution in [0.3, 0.4) is 0 Å². The molecule has 1 aliphatic rings. The van der Waals surface area contributed by atoms with E-state index < -0.39 is 0 Å². The molecule has 0 saturated carbocycles. The minimum absolute atomic E-state index is 0.0691. The second-order valence-electron chi connectivity index (χ2n) is 5.18. The van der Waals surface area contributed by atoms with Gasteiger partial charge in [-0.25, -0.2) is 9.97 Å². The van der Waals surface area contributed by atoms with E-state index in [2.05, 4.69) is 31.2 Å². The standard InChI is InChI=1S/C12H14BrN3O2/c1-12(2)3-8-7(9(17)4-12)6-14-11(15-8)16-10(18)5-13/h6H,3-5H2,1-2H3,(H,14,15,16,18). The summed E-state index contributed by atoms with van der Waals surface area (Å²) in [5, 5.41) is 2.76. The molecule has 0 fully saturated rings. The largest absolute Gasteiger partial charge is 0.294 e. The number of anilines is 1. The summed E-state index contributed by atoms with van der Waals surface area (Å²) < 4.78 is 0. The zero-order chi connectivity index (χ0) is 13.3. The van der Waals surface area contributed by atoms with Gasteiger partial charge in [-0.1, -0.05) is 29.8 Å². The predicted molar refractivity (Wildman–Crippen MR) is 70.9 cm³/mol. The fraction of sp³-hybridized carbons (Fsp3) is 0.500. The van der Waals surface area contributed by atoms with Crippen molar-refractivity contribution in [1.82, 2.24) is 9.97 Å². The van der Waals surface area contributed by atoms with Crippen LogP contribution in [0.25, 0.3) is 0 Å². The highest BCUT2D eigenvalue weighted by atomic mass is 79.9. The Bertz CT molecular complexity index is 514. The van der Waals surface area contributed by atoms with Gasteiger partial charge in [-0.3, -0.25) is 14.9 Å². The number of aromatic nitrogens is 2. The molecule has 0 aliphatic heterocycles. The minimum atomic E-state index is -0.212. The van der Waals surface area contributed by atoms with Crippen LogP contribution >= 0.6 is 15.9 Å². The summed E-state index contributed by atoms with van der Waals surface area (Å²) in [6.07, 6.45) is 2.73. The summed E-state index contributed by atoms with van der Waals surface area (Å²) in [7, 11) is 0. The summed E-state index contributed by atoms with van der Waals surface area (Å²) in [6.45, 7) is 4.07. The van der Waals surface area contributed by atoms with Crippen molar-refractivity contribution in [3.63, 3.8) is 0 Å². The quantitative estimate of drug-likeness (QED) is 0.848. The third-order valence-corrected chi connectivity index (χ3v) is 3.34. The first-order valence-electron chi connectivity index (χ1n) is 5.66. The van der Waals surface area contributed by atoms with E-state index in [1.807, 2.05) is 13.8 Å². The van der Waals surface area contributed by atoms with Gasteiger partial charge in [0.25, 0.3) is 0 Å². The number of halogens is 1. The van der Waals surface area contributed by atoms with Gasteiger partial charge in [0, 0.05) is 12.6 Å². The molecule has 1 aliphatic carbocycles. The number of fused-ring (bicyclic) bond motifs is 1. The van der Waals surface area contributed by atoms with E-state index in [0.717, 1.165) is 5.69 Å². The third kappa shape index (κ3) is 2.75. The van der Waals surface area contributed by atoms with Crippen LogP contribution in [0.4, 0.5) is 5.95 Å². The van der Waals surface area contributed by atoms with Gasteiger partial charge in [0.2, 0.25) is 11.9 Å². The van der Waals surface area contributed by atoms with Crippen LogP contribution < -0.4 is 5.32 Å². The summed E-state index contributed by atoms with van der Waals surface area (Å²) >= 11 is 3.05. The number of hydrogen-bond donors (Lipinski definition) is 1. The van der Waals surface area contributed by atoms with E-state index >= 15 is 0 Å². The smallest absolute Gasteiger partial charge is 0.237 e. The number of carbonyl (C=O) groups excluding carboxylic acids is 2. The van der Waals surface area contributed by atoms with Gasteiger partial charge in [0.15, 0.2) is 5.78 Å². The number of carbonyl (C=O) groups is 2. The molecule has 0 saturated heterocycles. The second kappa shape index (κ2) is 4.76. The Morgan fingerprint density at radius 2 is 2.22 bits per heavy atom. The molecule has 0 spiro atoms. The first-order valence-corrected chi connectivity index (χ1v) is 6.78. The van der Waals surface area contributed by atoms with E-state index in [9.17, 15) is 9.59 Å². The molecule has 18 heavy (non-hydrogen) atoms. The molecular weight excluding hydrogens is 298 g/mol. The van der Waals surface area contributed by atoms with Crippen molar-refractivity contribution < 1.29 is 9.59 Å². The number of nitrogens with zero attached hydrogens (tertiary/aromatic N) is 2. The molecule has 6 heteroatoms. The fourth-order valence-electron chi connectivity index (χ4n) is 2.05. The highest BCUT2D eigenvalue weighted by Crippen LogP contribution is 2.33. The highest BCUT2D eigenvalue weighted by molar-refractivity contribution is 9.09. The van der Waals surface area contributed by atoms with E-state index in [4.69, 9.17) is 0 Å². The Hall–Kier alpha value is -1.30. The van der Waals surface area contributed by atoms with Gasteiger partial charge in [0.05, 0.1) is 16.6 Å². The molecule has 1 N–H and O–H groups in total. The molecule has 0 radical (unpaired) electrons. The molecule has 1 heterocycles. The highest BCUT2D eigenvalue weighted by Gasteiger charge is 2.32. The van der Waals surface area contributed by atoms with Crippen molar-refractivity contribution in [3.05, 3.63) is 17.5 Å². The number of rotatable bonds is 2. The van der Waals surface area contributed by atoms with Crippen LogP contribution in [0, 0.1) is 5.41 Å². The third-order valence-electron chi connectivity index (χ3n) is 2.83. The first-order chi connectivity index (χ1) is 8.41. The first kappa shape index (κ1) is 13.1. The molecule has 1 amide bonds. The van der Waals surface area contributed by atoms with Crippen LogP contribution in [-0.2, 0) is 11.2 Å². The summed E-state index contributed by atoms with van der Waals surface area (Å²) in [5.41, 5.74) is 1.21. The lowest BCUT2D eigenvalue weighted by Gasteiger charge is -2.29. The predicted octanol–water partition coefficient (Wildman–Crippen LogP) is 1.97. The molecule has 1 aromatic heterocycles. The summed E-state index contributed by atoms with van der Waals surface area (Å²) in [5.74, 6) is 0.111. The van der Waals surface area contributed by atoms with E-state index in [0.29, 0.717) is 18.4 Å². The van der Waals surface area contributed by atoms with Gasteiger partial charge in [-0.15, -0.1) is 0 Å².